The fourth-order valence-corrected chi connectivity index (χ4v) is 7.04. The second-order valence-corrected chi connectivity index (χ2v) is 17.3. The van der Waals surface area contributed by atoms with Gasteiger partial charge in [0.15, 0.2) is 5.82 Å². The fraction of sp³-hybridized carbons (Fsp3) is 0.409. The van der Waals surface area contributed by atoms with Crippen LogP contribution in [0.25, 0.3) is 22.2 Å². The Morgan fingerprint density at radius 2 is 1.52 bits per heavy atom. The summed E-state index contributed by atoms with van der Waals surface area (Å²) in [5.74, 6) is -1.08. The van der Waals surface area contributed by atoms with Crippen molar-refractivity contribution in [3.8, 4) is 11.1 Å². The number of rotatable bonds is 11. The Morgan fingerprint density at radius 1 is 0.836 bits per heavy atom. The van der Waals surface area contributed by atoms with Gasteiger partial charge >= 0.3 is 17.9 Å². The van der Waals surface area contributed by atoms with E-state index in [4.69, 9.17) is 9.47 Å². The molecule has 61 heavy (non-hydrogen) atoms. The van der Waals surface area contributed by atoms with Crippen molar-refractivity contribution >= 4 is 52.4 Å². The highest BCUT2D eigenvalue weighted by molar-refractivity contribution is 6.02. The van der Waals surface area contributed by atoms with E-state index in [1.54, 1.807) is 58.0 Å². The van der Waals surface area contributed by atoms with Crippen LogP contribution >= 0.6 is 0 Å². The van der Waals surface area contributed by atoms with Gasteiger partial charge in [-0.15, -0.1) is 5.10 Å². The smallest absolute Gasteiger partial charge is 0.435 e. The van der Waals surface area contributed by atoms with Gasteiger partial charge in [-0.05, 0) is 115 Å². The van der Waals surface area contributed by atoms with Crippen LogP contribution in [0.4, 0.5) is 21.1 Å². The molecule has 3 heterocycles. The van der Waals surface area contributed by atoms with Crippen molar-refractivity contribution in [2.75, 3.05) is 17.2 Å². The highest BCUT2D eigenvalue weighted by Crippen LogP contribution is 2.29. The topological polar surface area (TPSA) is 231 Å². The lowest BCUT2D eigenvalue weighted by atomic mass is 9.81. The highest BCUT2D eigenvalue weighted by atomic mass is 16.6. The normalized spacial score (nSPS) is 16.0. The van der Waals surface area contributed by atoms with Gasteiger partial charge in [0.2, 0.25) is 11.8 Å². The number of aromatic amines is 2. The zero-order valence-corrected chi connectivity index (χ0v) is 35.4. The molecule has 6 N–H and O–H groups in total. The molecule has 5 aromatic rings. The molecule has 0 saturated heterocycles. The molecule has 1 fully saturated rings. The summed E-state index contributed by atoms with van der Waals surface area (Å²) in [6, 6.07) is 16.5. The zero-order valence-electron chi connectivity index (χ0n) is 35.4. The van der Waals surface area contributed by atoms with E-state index in [2.05, 4.69) is 41.3 Å². The van der Waals surface area contributed by atoms with Crippen LogP contribution in [0.15, 0.2) is 71.7 Å². The number of imidazole rings is 1. The number of alkyl carbamates (subject to hydrolysis) is 1. The van der Waals surface area contributed by atoms with Gasteiger partial charge in [0, 0.05) is 48.1 Å². The molecule has 0 bridgehead atoms. The summed E-state index contributed by atoms with van der Waals surface area (Å²) >= 11 is 0. The Bertz CT molecular complexity index is 2460. The molecule has 4 amide bonds. The average Bonchev–Trinajstić information content (AvgIpc) is 3.81. The predicted molar refractivity (Wildman–Crippen MR) is 229 cm³/mol. The van der Waals surface area contributed by atoms with E-state index < -0.39 is 41.2 Å². The molecule has 0 aliphatic heterocycles. The molecule has 2 aromatic carbocycles. The van der Waals surface area contributed by atoms with E-state index in [0.29, 0.717) is 41.8 Å². The molecule has 322 valence electrons. The van der Waals surface area contributed by atoms with Gasteiger partial charge in [0.1, 0.15) is 22.9 Å². The molecule has 0 radical (unpaired) electrons. The molecule has 1 aliphatic carbocycles. The van der Waals surface area contributed by atoms with E-state index in [1.165, 1.54) is 12.3 Å². The molecule has 0 unspecified atom stereocenters. The van der Waals surface area contributed by atoms with Gasteiger partial charge in [-0.25, -0.2) is 19.4 Å². The van der Waals surface area contributed by atoms with Crippen LogP contribution in [-0.4, -0.2) is 78.4 Å². The monoisotopic (exact) mass is 835 g/mol. The number of carbonyl (C=O) groups excluding carboxylic acids is 5. The van der Waals surface area contributed by atoms with Crippen LogP contribution in [0.5, 0.6) is 0 Å². The fourth-order valence-electron chi connectivity index (χ4n) is 7.04. The Kier molecular flexibility index (Phi) is 13.1. The number of amides is 4. The quantitative estimate of drug-likeness (QED) is 0.0851. The molecular formula is C44H53N9O8. The highest BCUT2D eigenvalue weighted by Gasteiger charge is 2.30. The first-order valence-electron chi connectivity index (χ1n) is 20.3. The number of fused-ring (bicyclic) bond motifs is 1. The lowest BCUT2D eigenvalue weighted by Gasteiger charge is -2.29. The van der Waals surface area contributed by atoms with E-state index in [9.17, 15) is 28.8 Å². The summed E-state index contributed by atoms with van der Waals surface area (Å²) in [4.78, 5) is 86.8. The van der Waals surface area contributed by atoms with E-state index >= 15 is 0 Å². The molecular weight excluding hydrogens is 783 g/mol. The molecule has 3 aromatic heterocycles. The maximum absolute atomic E-state index is 13.9. The third-order valence-corrected chi connectivity index (χ3v) is 10.0. The van der Waals surface area contributed by atoms with E-state index in [0.717, 1.165) is 34.2 Å². The summed E-state index contributed by atoms with van der Waals surface area (Å²) in [6.07, 6.45) is 3.14. The number of nitrogens with one attached hydrogen (secondary N) is 6. The summed E-state index contributed by atoms with van der Waals surface area (Å²) in [7, 11) is 0. The molecule has 1 atom stereocenters. The van der Waals surface area contributed by atoms with E-state index in [1.807, 2.05) is 45.0 Å². The number of aryl methyl sites for hydroxylation is 1. The van der Waals surface area contributed by atoms with Crippen LogP contribution in [0, 0.1) is 18.8 Å². The van der Waals surface area contributed by atoms with Gasteiger partial charge in [-0.3, -0.25) is 14.4 Å². The number of hydrogen-bond donors (Lipinski definition) is 6. The Balaban J connectivity index is 1.10. The molecule has 17 nitrogen and oxygen atoms in total. The van der Waals surface area contributed by atoms with E-state index in [-0.39, 0.29) is 41.4 Å². The van der Waals surface area contributed by atoms with Crippen LogP contribution < -0.4 is 27.0 Å². The van der Waals surface area contributed by atoms with Crippen molar-refractivity contribution in [1.29, 1.82) is 0 Å². The van der Waals surface area contributed by atoms with Crippen molar-refractivity contribution in [3.63, 3.8) is 0 Å². The Hall–Kier alpha value is -6.78. The number of anilines is 2. The number of ether oxygens (including phenoxy) is 2. The van der Waals surface area contributed by atoms with Gasteiger partial charge in [0.25, 0.3) is 5.91 Å². The summed E-state index contributed by atoms with van der Waals surface area (Å²) in [5, 5.41) is 15.5. The number of carbonyl (C=O) groups is 5. The molecule has 6 rings (SSSR count). The third kappa shape index (κ3) is 12.1. The molecule has 1 aliphatic rings. The summed E-state index contributed by atoms with van der Waals surface area (Å²) in [5.41, 5.74) is 3.08. The minimum Gasteiger partial charge on any atom is -0.444 e. The summed E-state index contributed by atoms with van der Waals surface area (Å²) < 4.78 is 11.7. The largest absolute Gasteiger partial charge is 0.444 e. The van der Waals surface area contributed by atoms with Crippen molar-refractivity contribution in [3.05, 3.63) is 94.3 Å². The SMILES string of the molecule is Cc1nc(C(=O)Nc2ccn(C(=O)OC(C)(C)C)n2)ccc1-c1ccc(C[C@H](NC(=O)[C@H]2CC[C@H](CNC(=O)OC(C)(C)C)CC2)C(=O)Nc2ccc3[nH]c(=O)[nH]c3c2)cc1. The minimum absolute atomic E-state index is 0.155. The maximum atomic E-state index is 13.9. The first-order valence-corrected chi connectivity index (χ1v) is 20.3. The molecule has 17 heteroatoms. The third-order valence-electron chi connectivity index (χ3n) is 10.0. The Labute approximate surface area is 352 Å². The van der Waals surface area contributed by atoms with Gasteiger partial charge in [-0.2, -0.15) is 4.68 Å². The van der Waals surface area contributed by atoms with Crippen molar-refractivity contribution in [2.45, 2.75) is 97.8 Å². The summed E-state index contributed by atoms with van der Waals surface area (Å²) in [6.45, 7) is 12.9. The number of benzene rings is 2. The first-order chi connectivity index (χ1) is 28.8. The maximum Gasteiger partial charge on any atom is 0.435 e. The second-order valence-electron chi connectivity index (χ2n) is 17.3. The van der Waals surface area contributed by atoms with Crippen molar-refractivity contribution in [1.82, 2.24) is 35.4 Å². The molecule has 0 spiro atoms. The number of H-pyrrole nitrogens is 2. The second kappa shape index (κ2) is 18.2. The van der Waals surface area contributed by atoms with Crippen LogP contribution in [0.3, 0.4) is 0 Å². The number of hydrogen-bond acceptors (Lipinski definition) is 10. The lowest BCUT2D eigenvalue weighted by Crippen LogP contribution is -2.48. The molecule has 1 saturated carbocycles. The van der Waals surface area contributed by atoms with Crippen LogP contribution in [0.1, 0.15) is 89.0 Å². The van der Waals surface area contributed by atoms with Gasteiger partial charge in [-0.1, -0.05) is 30.3 Å². The zero-order chi connectivity index (χ0) is 44.1. The first kappa shape index (κ1) is 43.8. The van der Waals surface area contributed by atoms with Gasteiger partial charge < -0.3 is 40.7 Å². The van der Waals surface area contributed by atoms with Crippen molar-refractivity contribution in [2.24, 2.45) is 11.8 Å². The predicted octanol–water partition coefficient (Wildman–Crippen LogP) is 6.46. The lowest BCUT2D eigenvalue weighted by molar-refractivity contribution is -0.130. The minimum atomic E-state index is -0.928. The number of aromatic nitrogens is 5. The number of pyridine rings is 1. The Morgan fingerprint density at radius 3 is 2.20 bits per heavy atom. The van der Waals surface area contributed by atoms with Crippen LogP contribution in [-0.2, 0) is 25.5 Å². The standard InChI is InChI=1S/C44H53N9O8/c1-25-31(17-19-33(46-25)38(55)51-36-20-21-53(52-36)42(59)61-44(5,6)7)28-12-8-26(9-13-28)22-35(39(56)47-30-16-18-32-34(23-30)50-40(57)49-32)48-37(54)29-14-10-27(11-15-29)24-45-41(58)60-43(2,3)4/h8-9,12-13,16-21,23,27,29,35H,10-11,14-15,22,24H2,1-7H3,(H,45,58)(H,47,56)(H,48,54)(H2,49,50,57)(H,51,52,55)/t27-,29-,35-/m0/s1. The average molecular weight is 836 g/mol. The van der Waals surface area contributed by atoms with Gasteiger partial charge in [0.05, 0.1) is 11.0 Å². The van der Waals surface area contributed by atoms with Crippen LogP contribution in [0.2, 0.25) is 0 Å². The van der Waals surface area contributed by atoms with Crippen molar-refractivity contribution < 1.29 is 33.4 Å². The number of nitrogens with zero attached hydrogens (tertiary/aromatic N) is 3.